The summed E-state index contributed by atoms with van der Waals surface area (Å²) in [5, 5.41) is 19.0. The molecule has 3 N–H and O–H groups in total. The summed E-state index contributed by atoms with van der Waals surface area (Å²) >= 11 is 6.26. The average molecular weight is 487 g/mol. The molecule has 2 heterocycles. The summed E-state index contributed by atoms with van der Waals surface area (Å²) in [6, 6.07) is 20.3. The summed E-state index contributed by atoms with van der Waals surface area (Å²) < 4.78 is 11.4. The van der Waals surface area contributed by atoms with Crippen molar-refractivity contribution in [3.63, 3.8) is 0 Å². The number of carbonyl (C=O) groups is 2. The Balaban J connectivity index is 0.000000481. The van der Waals surface area contributed by atoms with E-state index in [0.717, 1.165) is 56.5 Å². The Kier molecular flexibility index (Phi) is 9.66. The van der Waals surface area contributed by atoms with Crippen molar-refractivity contribution in [1.29, 1.82) is 0 Å². The lowest BCUT2D eigenvalue weighted by Crippen LogP contribution is -2.36. The molecule has 2 aromatic carbocycles. The quantitative estimate of drug-likeness (QED) is 0.431. The second-order valence-corrected chi connectivity index (χ2v) is 8.02. The fraction of sp³-hybridized carbons (Fsp3) is 0.280. The number of aliphatic carboxylic acids is 2. The molecule has 180 valence electrons. The van der Waals surface area contributed by atoms with Crippen molar-refractivity contribution in [2.75, 3.05) is 26.3 Å². The number of hydrogen-bond donors (Lipinski definition) is 3. The van der Waals surface area contributed by atoms with E-state index in [1.165, 1.54) is 11.1 Å². The summed E-state index contributed by atoms with van der Waals surface area (Å²) in [5.41, 5.74) is 3.62. The van der Waals surface area contributed by atoms with Crippen LogP contribution < -0.4 is 5.32 Å². The zero-order valence-electron chi connectivity index (χ0n) is 18.6. The van der Waals surface area contributed by atoms with Crippen molar-refractivity contribution >= 4 is 23.5 Å². The highest BCUT2D eigenvalue weighted by atomic mass is 35.5. The predicted molar refractivity (Wildman–Crippen MR) is 128 cm³/mol. The fourth-order valence-electron chi connectivity index (χ4n) is 3.48. The maximum Gasteiger partial charge on any atom is 0.414 e. The Morgan fingerprint density at radius 2 is 1.53 bits per heavy atom. The van der Waals surface area contributed by atoms with Crippen molar-refractivity contribution in [2.24, 2.45) is 0 Å². The lowest BCUT2D eigenvalue weighted by Gasteiger charge is -2.27. The van der Waals surface area contributed by atoms with E-state index in [4.69, 9.17) is 40.6 Å². The number of benzene rings is 2. The molecule has 0 aliphatic carbocycles. The van der Waals surface area contributed by atoms with Gasteiger partial charge in [-0.2, -0.15) is 0 Å². The molecule has 0 radical (unpaired) electrons. The monoisotopic (exact) mass is 486 g/mol. The van der Waals surface area contributed by atoms with Gasteiger partial charge in [-0.1, -0.05) is 48.0 Å². The van der Waals surface area contributed by atoms with Crippen molar-refractivity contribution in [3.8, 4) is 11.3 Å². The van der Waals surface area contributed by atoms with Gasteiger partial charge in [0, 0.05) is 31.7 Å². The number of halogens is 1. The molecular weight excluding hydrogens is 460 g/mol. The Hall–Kier alpha value is -3.17. The van der Waals surface area contributed by atoms with E-state index in [0.29, 0.717) is 11.6 Å². The first-order chi connectivity index (χ1) is 16.4. The molecule has 34 heavy (non-hydrogen) atoms. The summed E-state index contributed by atoms with van der Waals surface area (Å²) in [6.07, 6.45) is 0. The van der Waals surface area contributed by atoms with Gasteiger partial charge in [0.25, 0.3) is 0 Å². The minimum Gasteiger partial charge on any atom is -0.473 e. The number of rotatable bonds is 7. The molecule has 1 aliphatic rings. The van der Waals surface area contributed by atoms with Crippen LogP contribution in [-0.2, 0) is 34.0 Å². The SMILES string of the molecule is Clc1ccccc1-c1ccc(CNCc2ccccc2CN2CCOCC2)o1.O=C(O)C(=O)O. The van der Waals surface area contributed by atoms with E-state index in [-0.39, 0.29) is 0 Å². The van der Waals surface area contributed by atoms with Gasteiger partial charge in [0.1, 0.15) is 11.5 Å². The highest BCUT2D eigenvalue weighted by molar-refractivity contribution is 6.33. The molecule has 8 nitrogen and oxygen atoms in total. The zero-order valence-corrected chi connectivity index (χ0v) is 19.3. The average Bonchev–Trinajstić information content (AvgIpc) is 3.30. The second-order valence-electron chi connectivity index (χ2n) is 7.62. The summed E-state index contributed by atoms with van der Waals surface area (Å²) in [7, 11) is 0. The van der Waals surface area contributed by atoms with Crippen LogP contribution in [0, 0.1) is 0 Å². The van der Waals surface area contributed by atoms with Gasteiger partial charge in [-0.25, -0.2) is 9.59 Å². The van der Waals surface area contributed by atoms with Crippen LogP contribution >= 0.6 is 11.6 Å². The Labute approximate surface area is 202 Å². The molecule has 0 bridgehead atoms. The van der Waals surface area contributed by atoms with Gasteiger partial charge in [-0.15, -0.1) is 0 Å². The normalized spacial score (nSPS) is 13.7. The maximum absolute atomic E-state index is 9.10. The largest absolute Gasteiger partial charge is 0.473 e. The number of hydrogen-bond acceptors (Lipinski definition) is 6. The lowest BCUT2D eigenvalue weighted by atomic mass is 10.1. The lowest BCUT2D eigenvalue weighted by molar-refractivity contribution is -0.159. The van der Waals surface area contributed by atoms with Gasteiger partial charge in [0.15, 0.2) is 0 Å². The topological polar surface area (TPSA) is 112 Å². The van der Waals surface area contributed by atoms with Crippen molar-refractivity contribution in [3.05, 3.63) is 82.6 Å². The number of furan rings is 1. The molecule has 0 amide bonds. The number of carboxylic acids is 2. The van der Waals surface area contributed by atoms with Crippen molar-refractivity contribution in [1.82, 2.24) is 10.2 Å². The number of nitrogens with zero attached hydrogens (tertiary/aromatic N) is 1. The second kappa shape index (κ2) is 12.9. The van der Waals surface area contributed by atoms with Crippen LogP contribution in [0.2, 0.25) is 5.02 Å². The molecule has 1 aliphatic heterocycles. The van der Waals surface area contributed by atoms with E-state index >= 15 is 0 Å². The summed E-state index contributed by atoms with van der Waals surface area (Å²) in [4.78, 5) is 20.6. The first-order valence-corrected chi connectivity index (χ1v) is 11.2. The van der Waals surface area contributed by atoms with Gasteiger partial charge < -0.3 is 24.7 Å². The summed E-state index contributed by atoms with van der Waals surface area (Å²) in [5.74, 6) is -1.94. The van der Waals surface area contributed by atoms with Crippen LogP contribution in [0.15, 0.2) is 65.1 Å². The Morgan fingerprint density at radius 3 is 2.21 bits per heavy atom. The molecule has 1 aromatic heterocycles. The maximum atomic E-state index is 9.10. The number of carboxylic acid groups (broad SMARTS) is 2. The molecule has 3 aromatic rings. The third kappa shape index (κ3) is 7.71. The summed E-state index contributed by atoms with van der Waals surface area (Å²) in [6.45, 7) is 6.11. The number of ether oxygens (including phenoxy) is 1. The molecule has 0 atom stereocenters. The highest BCUT2D eigenvalue weighted by Gasteiger charge is 2.13. The smallest absolute Gasteiger partial charge is 0.414 e. The number of nitrogens with one attached hydrogen (secondary N) is 1. The van der Waals surface area contributed by atoms with Gasteiger partial charge in [-0.05, 0) is 35.4 Å². The standard InChI is InChI=1S/C23H25ClN2O2.C2H2O4/c24-22-8-4-3-7-21(22)23-10-9-20(28-23)16-25-15-18-5-1-2-6-19(18)17-26-11-13-27-14-12-26;3-1(4)2(5)6/h1-10,25H,11-17H2;(H,3,4)(H,5,6). The Bertz CT molecular complexity index is 1080. The molecular formula is C25H27ClN2O6. The van der Waals surface area contributed by atoms with E-state index in [1.54, 1.807) is 0 Å². The third-order valence-electron chi connectivity index (χ3n) is 5.21. The minimum atomic E-state index is -1.82. The van der Waals surface area contributed by atoms with Crippen LogP contribution in [-0.4, -0.2) is 53.4 Å². The minimum absolute atomic E-state index is 0.677. The first kappa shape index (κ1) is 25.5. The van der Waals surface area contributed by atoms with Gasteiger partial charge in [0.05, 0.1) is 24.8 Å². The molecule has 1 fully saturated rings. The van der Waals surface area contributed by atoms with E-state index in [2.05, 4.69) is 34.5 Å². The molecule has 4 rings (SSSR count). The molecule has 1 saturated heterocycles. The van der Waals surface area contributed by atoms with E-state index in [1.807, 2.05) is 36.4 Å². The van der Waals surface area contributed by atoms with Crippen LogP contribution in [0.3, 0.4) is 0 Å². The van der Waals surface area contributed by atoms with Gasteiger partial charge >= 0.3 is 11.9 Å². The molecule has 0 saturated carbocycles. The molecule has 0 spiro atoms. The molecule has 0 unspecified atom stereocenters. The van der Waals surface area contributed by atoms with Crippen LogP contribution in [0.5, 0.6) is 0 Å². The predicted octanol–water partition coefficient (Wildman–Crippen LogP) is 3.88. The van der Waals surface area contributed by atoms with E-state index in [9.17, 15) is 0 Å². The van der Waals surface area contributed by atoms with Crippen LogP contribution in [0.4, 0.5) is 0 Å². The fourth-order valence-corrected chi connectivity index (χ4v) is 3.71. The van der Waals surface area contributed by atoms with Crippen molar-refractivity contribution in [2.45, 2.75) is 19.6 Å². The van der Waals surface area contributed by atoms with Gasteiger partial charge in [0.2, 0.25) is 0 Å². The van der Waals surface area contributed by atoms with Gasteiger partial charge in [-0.3, -0.25) is 4.90 Å². The van der Waals surface area contributed by atoms with Crippen LogP contribution in [0.1, 0.15) is 16.9 Å². The first-order valence-electron chi connectivity index (χ1n) is 10.8. The number of morpholine rings is 1. The van der Waals surface area contributed by atoms with E-state index < -0.39 is 11.9 Å². The Morgan fingerprint density at radius 1 is 0.882 bits per heavy atom. The van der Waals surface area contributed by atoms with Crippen LogP contribution in [0.25, 0.3) is 11.3 Å². The van der Waals surface area contributed by atoms with Crippen molar-refractivity contribution < 1.29 is 29.0 Å². The molecule has 9 heteroatoms. The highest BCUT2D eigenvalue weighted by Crippen LogP contribution is 2.29. The zero-order chi connectivity index (χ0) is 24.3. The third-order valence-corrected chi connectivity index (χ3v) is 5.54.